The maximum Gasteiger partial charge on any atom is 0.417 e. The zero-order chi connectivity index (χ0) is 23.7. The van der Waals surface area contributed by atoms with E-state index in [1.807, 2.05) is 11.8 Å². The lowest BCUT2D eigenvalue weighted by molar-refractivity contribution is -0.138. The molecule has 0 atom stereocenters. The third-order valence-electron chi connectivity index (χ3n) is 6.21. The standard InChI is InChI=1S/C20H28ClF3N4O3S/c1-3-28(32(2,30)31)16-6-10-27(11-7-16)19(29)14-4-8-26(9-5-14)18-17(21)12-15(13-25-18)20(22,23)24/h12-14,16H,3-11H2,1-2H3. The Morgan fingerprint density at radius 2 is 1.78 bits per heavy atom. The van der Waals surface area contributed by atoms with Crippen LogP contribution >= 0.6 is 11.6 Å². The molecule has 1 amide bonds. The predicted octanol–water partition coefficient (Wildman–Crippen LogP) is 3.24. The van der Waals surface area contributed by atoms with E-state index < -0.39 is 21.8 Å². The highest BCUT2D eigenvalue weighted by atomic mass is 35.5. The van der Waals surface area contributed by atoms with Crippen LogP contribution in [-0.4, -0.2) is 73.5 Å². The van der Waals surface area contributed by atoms with E-state index in [-0.39, 0.29) is 22.9 Å². The third kappa shape index (κ3) is 5.66. The molecule has 180 valence electrons. The minimum Gasteiger partial charge on any atom is -0.355 e. The Balaban J connectivity index is 1.54. The van der Waals surface area contributed by atoms with Crippen LogP contribution in [0.15, 0.2) is 12.3 Å². The van der Waals surface area contributed by atoms with Crippen molar-refractivity contribution in [2.45, 2.75) is 44.8 Å². The molecule has 0 N–H and O–H groups in total. The van der Waals surface area contributed by atoms with Gasteiger partial charge >= 0.3 is 6.18 Å². The highest BCUT2D eigenvalue weighted by molar-refractivity contribution is 7.88. The smallest absolute Gasteiger partial charge is 0.355 e. The van der Waals surface area contributed by atoms with Gasteiger partial charge in [-0.1, -0.05) is 18.5 Å². The average molecular weight is 497 g/mol. The van der Waals surface area contributed by atoms with Crippen molar-refractivity contribution in [2.24, 2.45) is 5.92 Å². The molecule has 1 aromatic heterocycles. The van der Waals surface area contributed by atoms with Gasteiger partial charge in [-0.15, -0.1) is 0 Å². The maximum absolute atomic E-state index is 13.0. The van der Waals surface area contributed by atoms with E-state index in [0.29, 0.717) is 64.2 Å². The topological polar surface area (TPSA) is 73.8 Å². The molecule has 2 fully saturated rings. The van der Waals surface area contributed by atoms with E-state index in [1.54, 1.807) is 4.90 Å². The molecule has 0 unspecified atom stereocenters. The summed E-state index contributed by atoms with van der Waals surface area (Å²) in [5.74, 6) is 0.178. The largest absolute Gasteiger partial charge is 0.417 e. The Labute approximate surface area is 191 Å². The van der Waals surface area contributed by atoms with Crippen molar-refractivity contribution in [3.63, 3.8) is 0 Å². The number of carbonyl (C=O) groups is 1. The number of hydrogen-bond donors (Lipinski definition) is 0. The molecule has 0 spiro atoms. The second-order valence-corrected chi connectivity index (χ2v) is 10.7. The van der Waals surface area contributed by atoms with Gasteiger partial charge in [-0.05, 0) is 31.7 Å². The van der Waals surface area contributed by atoms with Crippen LogP contribution in [0.25, 0.3) is 0 Å². The third-order valence-corrected chi connectivity index (χ3v) is 7.90. The van der Waals surface area contributed by atoms with Gasteiger partial charge in [0.2, 0.25) is 15.9 Å². The van der Waals surface area contributed by atoms with E-state index >= 15 is 0 Å². The van der Waals surface area contributed by atoms with Crippen molar-refractivity contribution >= 4 is 33.3 Å². The summed E-state index contributed by atoms with van der Waals surface area (Å²) >= 11 is 6.05. The van der Waals surface area contributed by atoms with Gasteiger partial charge in [0.1, 0.15) is 5.82 Å². The minimum absolute atomic E-state index is 0.0528. The van der Waals surface area contributed by atoms with Gasteiger partial charge in [-0.25, -0.2) is 13.4 Å². The second-order valence-electron chi connectivity index (χ2n) is 8.31. The van der Waals surface area contributed by atoms with Crippen LogP contribution in [-0.2, 0) is 21.0 Å². The van der Waals surface area contributed by atoms with E-state index in [1.165, 1.54) is 10.6 Å². The monoisotopic (exact) mass is 496 g/mol. The molecule has 32 heavy (non-hydrogen) atoms. The van der Waals surface area contributed by atoms with Crippen LogP contribution in [0, 0.1) is 5.92 Å². The highest BCUT2D eigenvalue weighted by Gasteiger charge is 2.35. The molecule has 1 aromatic rings. The number of carbonyl (C=O) groups excluding carboxylic acids is 1. The fourth-order valence-electron chi connectivity index (χ4n) is 4.55. The van der Waals surface area contributed by atoms with Gasteiger partial charge in [0.25, 0.3) is 0 Å². The van der Waals surface area contributed by atoms with Crippen molar-refractivity contribution < 1.29 is 26.4 Å². The van der Waals surface area contributed by atoms with Crippen LogP contribution in [0.4, 0.5) is 19.0 Å². The number of rotatable bonds is 5. The molecule has 0 radical (unpaired) electrons. The van der Waals surface area contributed by atoms with E-state index in [4.69, 9.17) is 11.6 Å². The minimum atomic E-state index is -4.50. The zero-order valence-electron chi connectivity index (χ0n) is 18.1. The van der Waals surface area contributed by atoms with Crippen LogP contribution in [0.3, 0.4) is 0 Å². The summed E-state index contributed by atoms with van der Waals surface area (Å²) in [6.45, 7) is 4.20. The molecule has 0 bridgehead atoms. The van der Waals surface area contributed by atoms with Gasteiger partial charge in [-0.2, -0.15) is 17.5 Å². The summed E-state index contributed by atoms with van der Waals surface area (Å²) in [5, 5.41) is -0.0574. The summed E-state index contributed by atoms with van der Waals surface area (Å²) in [4.78, 5) is 20.5. The normalized spacial score (nSPS) is 19.6. The Hall–Kier alpha value is -1.59. The number of alkyl halides is 3. The second kappa shape index (κ2) is 9.72. The lowest BCUT2D eigenvalue weighted by Gasteiger charge is -2.39. The Bertz CT molecular complexity index is 929. The number of amides is 1. The van der Waals surface area contributed by atoms with Crippen molar-refractivity contribution in [3.05, 3.63) is 22.8 Å². The SMILES string of the molecule is CCN(C1CCN(C(=O)C2CCN(c3ncc(C(F)(F)F)cc3Cl)CC2)CC1)S(C)(=O)=O. The van der Waals surface area contributed by atoms with Gasteiger partial charge in [0.15, 0.2) is 0 Å². The lowest BCUT2D eigenvalue weighted by Crippen LogP contribution is -2.50. The molecule has 3 rings (SSSR count). The van der Waals surface area contributed by atoms with Gasteiger partial charge in [-0.3, -0.25) is 4.79 Å². The average Bonchev–Trinajstić information content (AvgIpc) is 2.73. The number of nitrogens with zero attached hydrogens (tertiary/aromatic N) is 4. The maximum atomic E-state index is 13.0. The molecular weight excluding hydrogens is 469 g/mol. The summed E-state index contributed by atoms with van der Waals surface area (Å²) in [5.41, 5.74) is -0.891. The number of hydrogen-bond acceptors (Lipinski definition) is 5. The van der Waals surface area contributed by atoms with E-state index in [9.17, 15) is 26.4 Å². The van der Waals surface area contributed by atoms with Crippen LogP contribution in [0.1, 0.15) is 38.2 Å². The van der Waals surface area contributed by atoms with Crippen LogP contribution in [0.5, 0.6) is 0 Å². The quantitative estimate of drug-likeness (QED) is 0.625. The molecule has 2 aliphatic heterocycles. The Morgan fingerprint density at radius 1 is 1.19 bits per heavy atom. The van der Waals surface area contributed by atoms with E-state index in [0.717, 1.165) is 12.3 Å². The van der Waals surface area contributed by atoms with Crippen LogP contribution < -0.4 is 4.90 Å². The van der Waals surface area contributed by atoms with Gasteiger partial charge in [0.05, 0.1) is 16.8 Å². The van der Waals surface area contributed by atoms with E-state index in [2.05, 4.69) is 4.98 Å². The molecule has 12 heteroatoms. The number of aromatic nitrogens is 1. The first kappa shape index (κ1) is 25.0. The fourth-order valence-corrected chi connectivity index (χ4v) is 6.06. The summed E-state index contributed by atoms with van der Waals surface area (Å²) in [6.07, 6.45) is -0.187. The molecule has 2 aliphatic rings. The van der Waals surface area contributed by atoms with Gasteiger partial charge < -0.3 is 9.80 Å². The number of sulfonamides is 1. The van der Waals surface area contributed by atoms with Crippen LogP contribution in [0.2, 0.25) is 5.02 Å². The van der Waals surface area contributed by atoms with Crippen molar-refractivity contribution in [1.82, 2.24) is 14.2 Å². The van der Waals surface area contributed by atoms with Crippen molar-refractivity contribution in [2.75, 3.05) is 43.9 Å². The Kier molecular flexibility index (Phi) is 7.61. The van der Waals surface area contributed by atoms with Crippen molar-refractivity contribution in [3.8, 4) is 0 Å². The molecular formula is C20H28ClF3N4O3S. The predicted molar refractivity (Wildman–Crippen MR) is 116 cm³/mol. The number of likely N-dealkylation sites (tertiary alicyclic amines) is 1. The Morgan fingerprint density at radius 3 is 2.25 bits per heavy atom. The summed E-state index contributed by atoms with van der Waals surface area (Å²) < 4.78 is 63.8. The molecule has 3 heterocycles. The lowest BCUT2D eigenvalue weighted by atomic mass is 9.93. The summed E-state index contributed by atoms with van der Waals surface area (Å²) in [6, 6.07) is 0.787. The number of anilines is 1. The molecule has 2 saturated heterocycles. The molecule has 0 saturated carbocycles. The first-order valence-corrected chi connectivity index (χ1v) is 12.9. The molecule has 0 aromatic carbocycles. The fraction of sp³-hybridized carbons (Fsp3) is 0.700. The highest BCUT2D eigenvalue weighted by Crippen LogP contribution is 2.35. The zero-order valence-corrected chi connectivity index (χ0v) is 19.7. The number of piperidine rings is 2. The first-order chi connectivity index (χ1) is 14.9. The molecule has 0 aliphatic carbocycles. The number of pyridine rings is 1. The van der Waals surface area contributed by atoms with Gasteiger partial charge in [0, 0.05) is 50.9 Å². The molecule has 7 nitrogen and oxygen atoms in total. The van der Waals surface area contributed by atoms with Crippen molar-refractivity contribution in [1.29, 1.82) is 0 Å². The number of halogens is 4. The first-order valence-electron chi connectivity index (χ1n) is 10.6. The summed E-state index contributed by atoms with van der Waals surface area (Å²) in [7, 11) is -3.27.